The van der Waals surface area contributed by atoms with Gasteiger partial charge in [0.25, 0.3) is 0 Å². The van der Waals surface area contributed by atoms with E-state index in [1.165, 1.54) is 18.4 Å². The van der Waals surface area contributed by atoms with E-state index >= 15 is 0 Å². The number of carbonyl (C=O) groups excluding carboxylic acids is 1. The normalized spacial score (nSPS) is 37.9. The van der Waals surface area contributed by atoms with Crippen LogP contribution in [0.3, 0.4) is 0 Å². The van der Waals surface area contributed by atoms with Crippen LogP contribution < -0.4 is 0 Å². The van der Waals surface area contributed by atoms with Crippen LogP contribution in [0.15, 0.2) is 30.3 Å². The Morgan fingerprint density at radius 2 is 1.59 bits per heavy atom. The van der Waals surface area contributed by atoms with E-state index in [4.69, 9.17) is 0 Å². The van der Waals surface area contributed by atoms with Gasteiger partial charge in [0.05, 0.1) is 17.5 Å². The Bertz CT molecular complexity index is 803. The smallest absolute Gasteiger partial charge is 0.226 e. The highest BCUT2D eigenvalue weighted by molar-refractivity contribution is 7.91. The van der Waals surface area contributed by atoms with Crippen molar-refractivity contribution in [2.75, 3.05) is 31.1 Å². The number of carbonyl (C=O) groups is 1. The van der Waals surface area contributed by atoms with Crippen LogP contribution in [0, 0.1) is 11.8 Å². The Morgan fingerprint density at radius 1 is 0.926 bits per heavy atom. The van der Waals surface area contributed by atoms with E-state index in [2.05, 4.69) is 40.1 Å². The van der Waals surface area contributed by atoms with E-state index in [-0.39, 0.29) is 23.3 Å². The molecule has 5 aliphatic rings. The zero-order valence-electron chi connectivity index (χ0n) is 15.7. The van der Waals surface area contributed by atoms with Crippen LogP contribution in [0.2, 0.25) is 0 Å². The van der Waals surface area contributed by atoms with Crippen molar-refractivity contribution in [1.82, 2.24) is 9.80 Å². The van der Waals surface area contributed by atoms with Gasteiger partial charge in [0, 0.05) is 24.4 Å². The summed E-state index contributed by atoms with van der Waals surface area (Å²) >= 11 is 0. The van der Waals surface area contributed by atoms with Crippen LogP contribution in [0.25, 0.3) is 0 Å². The molecule has 0 N–H and O–H groups in total. The first-order valence-corrected chi connectivity index (χ1v) is 12.2. The number of amides is 1. The molecule has 1 aromatic rings. The quantitative estimate of drug-likeness (QED) is 0.777. The number of fused-ring (bicyclic) bond motifs is 2. The van der Waals surface area contributed by atoms with Crippen molar-refractivity contribution in [2.24, 2.45) is 11.8 Å². The number of rotatable bonds is 2. The maximum atomic E-state index is 13.4. The predicted molar refractivity (Wildman–Crippen MR) is 104 cm³/mol. The van der Waals surface area contributed by atoms with Gasteiger partial charge in [-0.1, -0.05) is 30.3 Å². The van der Waals surface area contributed by atoms with Crippen molar-refractivity contribution in [3.8, 4) is 0 Å². The number of hydrogen-bond donors (Lipinski definition) is 0. The average Bonchev–Trinajstić information content (AvgIpc) is 3.12. The summed E-state index contributed by atoms with van der Waals surface area (Å²) in [6.45, 7) is 3.09. The number of likely N-dealkylation sites (tertiary alicyclic amines) is 1. The molecule has 5 nitrogen and oxygen atoms in total. The average molecular weight is 389 g/mol. The lowest BCUT2D eigenvalue weighted by atomic mass is 9.75. The summed E-state index contributed by atoms with van der Waals surface area (Å²) in [5.74, 6) is 1.42. The van der Waals surface area contributed by atoms with Crippen LogP contribution in [0.5, 0.6) is 0 Å². The molecule has 27 heavy (non-hydrogen) atoms. The molecule has 6 rings (SSSR count). The zero-order chi connectivity index (χ0) is 18.6. The van der Waals surface area contributed by atoms with E-state index < -0.39 is 9.84 Å². The molecule has 0 aromatic heterocycles. The molecule has 1 amide bonds. The van der Waals surface area contributed by atoms with Gasteiger partial charge in [-0.3, -0.25) is 9.69 Å². The summed E-state index contributed by atoms with van der Waals surface area (Å²) in [6.07, 6.45) is 3.37. The summed E-state index contributed by atoms with van der Waals surface area (Å²) < 4.78 is 23.6. The van der Waals surface area contributed by atoms with Crippen LogP contribution in [-0.2, 0) is 14.6 Å². The third kappa shape index (κ3) is 3.01. The van der Waals surface area contributed by atoms with E-state index in [0.29, 0.717) is 36.8 Å². The molecule has 5 fully saturated rings. The van der Waals surface area contributed by atoms with Crippen molar-refractivity contribution in [2.45, 2.75) is 43.7 Å². The second kappa shape index (κ2) is 6.59. The molecule has 0 aliphatic carbocycles. The second-order valence-electron chi connectivity index (χ2n) is 8.79. The Labute approximate surface area is 161 Å². The Morgan fingerprint density at radius 3 is 2.26 bits per heavy atom. The lowest BCUT2D eigenvalue weighted by Crippen LogP contribution is -2.61. The number of nitrogens with zero attached hydrogens (tertiary/aromatic N) is 2. The van der Waals surface area contributed by atoms with E-state index in [1.807, 2.05) is 0 Å². The summed E-state index contributed by atoms with van der Waals surface area (Å²) in [7, 11) is -2.94. The number of benzene rings is 1. The summed E-state index contributed by atoms with van der Waals surface area (Å²) in [5, 5.41) is 0. The zero-order valence-corrected chi connectivity index (χ0v) is 16.5. The van der Waals surface area contributed by atoms with Crippen molar-refractivity contribution in [3.05, 3.63) is 35.9 Å². The van der Waals surface area contributed by atoms with Gasteiger partial charge in [-0.2, -0.15) is 0 Å². The SMILES string of the molecule is O=C(C1CCS(=O)(=O)CC1)N1C[C@@H](c2ccccc2)[C@@H]2[C@H]1C1CCN2CC1. The fourth-order valence-corrected chi connectivity index (χ4v) is 7.53. The molecule has 1 aromatic carbocycles. The predicted octanol–water partition coefficient (Wildman–Crippen LogP) is 1.90. The minimum absolute atomic E-state index is 0.112. The fraction of sp³-hybridized carbons (Fsp3) is 0.667. The molecule has 0 saturated carbocycles. The van der Waals surface area contributed by atoms with Crippen molar-refractivity contribution in [1.29, 1.82) is 0 Å². The molecule has 2 bridgehead atoms. The molecule has 5 aliphatic heterocycles. The highest BCUT2D eigenvalue weighted by Crippen LogP contribution is 2.47. The Hall–Kier alpha value is -1.40. The molecule has 6 heteroatoms. The molecule has 0 unspecified atom stereocenters. The van der Waals surface area contributed by atoms with Gasteiger partial charge in [0.1, 0.15) is 9.84 Å². The number of piperidine rings is 3. The maximum absolute atomic E-state index is 13.4. The highest BCUT2D eigenvalue weighted by Gasteiger charge is 2.55. The minimum atomic E-state index is -2.94. The van der Waals surface area contributed by atoms with Crippen LogP contribution in [-0.4, -0.2) is 67.3 Å². The van der Waals surface area contributed by atoms with Gasteiger partial charge < -0.3 is 4.90 Å². The van der Waals surface area contributed by atoms with E-state index in [1.54, 1.807) is 0 Å². The molecule has 5 saturated heterocycles. The summed E-state index contributed by atoms with van der Waals surface area (Å²) in [4.78, 5) is 18.2. The van der Waals surface area contributed by atoms with Crippen molar-refractivity contribution >= 4 is 15.7 Å². The molecule has 146 valence electrons. The van der Waals surface area contributed by atoms with Gasteiger partial charge in [0.15, 0.2) is 0 Å². The summed E-state index contributed by atoms with van der Waals surface area (Å²) in [5.41, 5.74) is 1.33. The fourth-order valence-electron chi connectivity index (χ4n) is 6.04. The number of hydrogen-bond acceptors (Lipinski definition) is 4. The van der Waals surface area contributed by atoms with E-state index in [0.717, 1.165) is 19.6 Å². The Kier molecular flexibility index (Phi) is 4.32. The van der Waals surface area contributed by atoms with Crippen LogP contribution in [0.1, 0.15) is 37.2 Å². The monoisotopic (exact) mass is 388 g/mol. The highest BCUT2D eigenvalue weighted by atomic mass is 32.2. The molecule has 0 radical (unpaired) electrons. The number of sulfone groups is 1. The second-order valence-corrected chi connectivity index (χ2v) is 11.1. The van der Waals surface area contributed by atoms with Gasteiger partial charge in [0.2, 0.25) is 5.91 Å². The maximum Gasteiger partial charge on any atom is 0.226 e. The lowest BCUT2D eigenvalue weighted by Gasteiger charge is -2.51. The van der Waals surface area contributed by atoms with Crippen LogP contribution >= 0.6 is 0 Å². The largest absolute Gasteiger partial charge is 0.337 e. The molecule has 3 atom stereocenters. The molecule has 5 heterocycles. The van der Waals surface area contributed by atoms with Gasteiger partial charge in [-0.05, 0) is 50.3 Å². The third-order valence-electron chi connectivity index (χ3n) is 7.41. The van der Waals surface area contributed by atoms with E-state index in [9.17, 15) is 13.2 Å². The molecule has 0 spiro atoms. The van der Waals surface area contributed by atoms with Crippen LogP contribution in [0.4, 0.5) is 0 Å². The van der Waals surface area contributed by atoms with Gasteiger partial charge in [-0.25, -0.2) is 8.42 Å². The third-order valence-corrected chi connectivity index (χ3v) is 9.12. The first-order valence-electron chi connectivity index (χ1n) is 10.3. The summed E-state index contributed by atoms with van der Waals surface area (Å²) in [6, 6.07) is 11.4. The molecular weight excluding hydrogens is 360 g/mol. The standard InChI is InChI=1S/C21H28N2O3S/c24-21(17-8-12-27(25,26)13-9-17)23-14-18(15-4-2-1-3-5-15)20-19(23)16-6-10-22(20)11-7-16/h1-5,16-20H,6-14H2/t18-,19+,20+/m0/s1. The Balaban J connectivity index is 1.43. The van der Waals surface area contributed by atoms with Crippen molar-refractivity contribution < 1.29 is 13.2 Å². The molecular formula is C21H28N2O3S. The minimum Gasteiger partial charge on any atom is -0.337 e. The lowest BCUT2D eigenvalue weighted by molar-refractivity contribution is -0.140. The van der Waals surface area contributed by atoms with Gasteiger partial charge in [-0.15, -0.1) is 0 Å². The first kappa shape index (κ1) is 17.7. The topological polar surface area (TPSA) is 57.7 Å². The van der Waals surface area contributed by atoms with Gasteiger partial charge >= 0.3 is 0 Å². The van der Waals surface area contributed by atoms with Crippen molar-refractivity contribution in [3.63, 3.8) is 0 Å². The first-order chi connectivity index (χ1) is 13.0.